The maximum absolute atomic E-state index is 13.3. The van der Waals surface area contributed by atoms with Crippen LogP contribution in [-0.2, 0) is 10.0 Å². The van der Waals surface area contributed by atoms with Crippen LogP contribution in [0.3, 0.4) is 0 Å². The molecule has 148 valence electrons. The van der Waals surface area contributed by atoms with Crippen LogP contribution in [-0.4, -0.2) is 37.2 Å². The lowest BCUT2D eigenvalue weighted by molar-refractivity contribution is 0.102. The molecule has 0 saturated carbocycles. The molecule has 0 fully saturated rings. The van der Waals surface area contributed by atoms with Gasteiger partial charge in [-0.2, -0.15) is 0 Å². The Labute approximate surface area is 167 Å². The maximum Gasteiger partial charge on any atom is 0.257 e. The molecule has 1 heterocycles. The van der Waals surface area contributed by atoms with Gasteiger partial charge in [0, 0.05) is 19.2 Å². The van der Waals surface area contributed by atoms with Crippen molar-refractivity contribution >= 4 is 42.6 Å². The second-order valence-corrected chi connectivity index (χ2v) is 9.37. The lowest BCUT2D eigenvalue weighted by Gasteiger charge is -2.16. The number of amides is 1. The molecule has 2 aromatic carbocycles. The van der Waals surface area contributed by atoms with Crippen molar-refractivity contribution < 1.29 is 17.6 Å². The quantitative estimate of drug-likeness (QED) is 0.623. The van der Waals surface area contributed by atoms with Gasteiger partial charge in [-0.05, 0) is 48.9 Å². The first-order valence-corrected chi connectivity index (χ1v) is 11.0. The summed E-state index contributed by atoms with van der Waals surface area (Å²) in [4.78, 5) is 16.8. The van der Waals surface area contributed by atoms with Crippen molar-refractivity contribution in [3.8, 4) is 0 Å². The molecule has 0 saturated heterocycles. The van der Waals surface area contributed by atoms with Crippen molar-refractivity contribution in [1.82, 2.24) is 9.29 Å². The average molecular weight is 422 g/mol. The first-order valence-electron chi connectivity index (χ1n) is 8.75. The number of benzene rings is 2. The number of thiazole rings is 1. The first-order chi connectivity index (χ1) is 13.3. The first kappa shape index (κ1) is 20.4. The second-order valence-electron chi connectivity index (χ2n) is 6.29. The molecule has 9 heteroatoms. The number of sulfonamides is 1. The fourth-order valence-electron chi connectivity index (χ4n) is 2.58. The van der Waals surface area contributed by atoms with E-state index >= 15 is 0 Å². The zero-order chi connectivity index (χ0) is 20.3. The minimum atomic E-state index is -3.58. The number of unbranched alkanes of at least 4 members (excludes halogenated alkanes) is 1. The van der Waals surface area contributed by atoms with E-state index in [4.69, 9.17) is 0 Å². The molecule has 0 aliphatic rings. The number of halogens is 1. The minimum absolute atomic E-state index is 0.137. The summed E-state index contributed by atoms with van der Waals surface area (Å²) < 4.78 is 40.3. The number of hydrogen-bond acceptors (Lipinski definition) is 5. The van der Waals surface area contributed by atoms with Crippen LogP contribution in [0.4, 0.5) is 9.52 Å². The summed E-state index contributed by atoms with van der Waals surface area (Å²) in [6, 6.07) is 9.97. The summed E-state index contributed by atoms with van der Waals surface area (Å²) in [5.41, 5.74) is 0.902. The van der Waals surface area contributed by atoms with E-state index < -0.39 is 15.9 Å². The number of nitrogens with one attached hydrogen (secondary N) is 1. The summed E-state index contributed by atoms with van der Waals surface area (Å²) in [5, 5.41) is 3.01. The SMILES string of the molecule is CCCCN(C)S(=O)(=O)c1ccc(C(=O)Nc2nc3ccc(F)cc3s2)cc1. The molecule has 6 nitrogen and oxygen atoms in total. The summed E-state index contributed by atoms with van der Waals surface area (Å²) in [6.07, 6.45) is 1.68. The van der Waals surface area contributed by atoms with Crippen LogP contribution in [0.5, 0.6) is 0 Å². The van der Waals surface area contributed by atoms with Crippen molar-refractivity contribution in [2.45, 2.75) is 24.7 Å². The van der Waals surface area contributed by atoms with Crippen LogP contribution in [0.15, 0.2) is 47.4 Å². The predicted octanol–water partition coefficient (Wildman–Crippen LogP) is 4.11. The van der Waals surface area contributed by atoms with Crippen LogP contribution < -0.4 is 5.32 Å². The van der Waals surface area contributed by atoms with E-state index in [0.29, 0.717) is 27.5 Å². The largest absolute Gasteiger partial charge is 0.298 e. The molecular formula is C19H20FN3O3S2. The smallest absolute Gasteiger partial charge is 0.257 e. The Morgan fingerprint density at radius 1 is 1.21 bits per heavy atom. The van der Waals surface area contributed by atoms with E-state index in [9.17, 15) is 17.6 Å². The van der Waals surface area contributed by atoms with Gasteiger partial charge in [0.15, 0.2) is 5.13 Å². The third kappa shape index (κ3) is 4.37. The van der Waals surface area contributed by atoms with Gasteiger partial charge in [0.2, 0.25) is 10.0 Å². The van der Waals surface area contributed by atoms with E-state index in [1.807, 2.05) is 6.92 Å². The van der Waals surface area contributed by atoms with Crippen LogP contribution in [0, 0.1) is 5.82 Å². The fraction of sp³-hybridized carbons (Fsp3) is 0.263. The van der Waals surface area contributed by atoms with E-state index in [1.165, 1.54) is 52.0 Å². The third-order valence-corrected chi connectivity index (χ3v) is 7.03. The molecule has 0 aliphatic carbocycles. The highest BCUT2D eigenvalue weighted by molar-refractivity contribution is 7.89. The summed E-state index contributed by atoms with van der Waals surface area (Å²) in [6.45, 7) is 2.44. The number of carbonyl (C=O) groups is 1. The molecule has 0 aliphatic heterocycles. The second kappa shape index (κ2) is 8.34. The third-order valence-electron chi connectivity index (χ3n) is 4.22. The number of fused-ring (bicyclic) bond motifs is 1. The number of anilines is 1. The molecule has 0 unspecified atom stereocenters. The fourth-order valence-corrected chi connectivity index (χ4v) is 4.68. The van der Waals surface area contributed by atoms with Crippen molar-refractivity contribution in [2.75, 3.05) is 18.9 Å². The molecule has 0 radical (unpaired) electrons. The molecule has 3 aromatic rings. The van der Waals surface area contributed by atoms with Crippen molar-refractivity contribution in [3.05, 3.63) is 53.8 Å². The molecule has 0 spiro atoms. The summed E-state index contributed by atoms with van der Waals surface area (Å²) >= 11 is 1.17. The Hall–Kier alpha value is -2.36. The van der Waals surface area contributed by atoms with Crippen molar-refractivity contribution in [2.24, 2.45) is 0 Å². The Balaban J connectivity index is 1.74. The van der Waals surface area contributed by atoms with Crippen LogP contribution in [0.2, 0.25) is 0 Å². The standard InChI is InChI=1S/C19H20FN3O3S2/c1-3-4-11-23(2)28(25,26)15-8-5-13(6-9-15)18(24)22-19-21-16-10-7-14(20)12-17(16)27-19/h5-10,12H,3-4,11H2,1-2H3,(H,21,22,24). The van der Waals surface area contributed by atoms with Crippen molar-refractivity contribution in [3.63, 3.8) is 0 Å². The lowest BCUT2D eigenvalue weighted by atomic mass is 10.2. The Kier molecular flexibility index (Phi) is 6.07. The normalized spacial score (nSPS) is 11.9. The van der Waals surface area contributed by atoms with Gasteiger partial charge in [0.25, 0.3) is 5.91 Å². The van der Waals surface area contributed by atoms with E-state index in [-0.39, 0.29) is 10.7 Å². The number of hydrogen-bond donors (Lipinski definition) is 1. The van der Waals surface area contributed by atoms with E-state index in [1.54, 1.807) is 13.1 Å². The molecular weight excluding hydrogens is 401 g/mol. The summed E-state index contributed by atoms with van der Waals surface area (Å²) in [5.74, 6) is -0.780. The zero-order valence-corrected chi connectivity index (χ0v) is 17.1. The van der Waals surface area contributed by atoms with Crippen LogP contribution >= 0.6 is 11.3 Å². The average Bonchev–Trinajstić information content (AvgIpc) is 3.07. The van der Waals surface area contributed by atoms with Gasteiger partial charge in [-0.1, -0.05) is 24.7 Å². The Bertz CT molecular complexity index is 1100. The Morgan fingerprint density at radius 2 is 1.93 bits per heavy atom. The van der Waals surface area contributed by atoms with Crippen LogP contribution in [0.25, 0.3) is 10.2 Å². The van der Waals surface area contributed by atoms with Crippen LogP contribution in [0.1, 0.15) is 30.1 Å². The van der Waals surface area contributed by atoms with Gasteiger partial charge in [-0.25, -0.2) is 22.1 Å². The highest BCUT2D eigenvalue weighted by Crippen LogP contribution is 2.27. The summed E-state index contributed by atoms with van der Waals surface area (Å²) in [7, 11) is -2.03. The molecule has 0 bridgehead atoms. The van der Waals surface area contributed by atoms with Gasteiger partial charge >= 0.3 is 0 Å². The molecule has 3 rings (SSSR count). The van der Waals surface area contributed by atoms with Gasteiger partial charge < -0.3 is 0 Å². The maximum atomic E-state index is 13.3. The highest BCUT2D eigenvalue weighted by atomic mass is 32.2. The number of rotatable bonds is 7. The monoisotopic (exact) mass is 421 g/mol. The van der Waals surface area contributed by atoms with Gasteiger partial charge in [-0.15, -0.1) is 0 Å². The van der Waals surface area contributed by atoms with E-state index in [2.05, 4.69) is 10.3 Å². The topological polar surface area (TPSA) is 79.4 Å². The molecule has 1 amide bonds. The zero-order valence-electron chi connectivity index (χ0n) is 15.5. The van der Waals surface area contributed by atoms with E-state index in [0.717, 1.165) is 12.8 Å². The van der Waals surface area contributed by atoms with Gasteiger partial charge in [0.1, 0.15) is 5.82 Å². The molecule has 28 heavy (non-hydrogen) atoms. The lowest BCUT2D eigenvalue weighted by Crippen LogP contribution is -2.28. The van der Waals surface area contributed by atoms with Crippen molar-refractivity contribution in [1.29, 1.82) is 0 Å². The minimum Gasteiger partial charge on any atom is -0.298 e. The number of nitrogens with zero attached hydrogens (tertiary/aromatic N) is 2. The van der Waals surface area contributed by atoms with Gasteiger partial charge in [0.05, 0.1) is 15.1 Å². The molecule has 0 atom stereocenters. The Morgan fingerprint density at radius 3 is 2.61 bits per heavy atom. The number of carbonyl (C=O) groups excluding carboxylic acids is 1. The highest BCUT2D eigenvalue weighted by Gasteiger charge is 2.20. The molecule has 1 aromatic heterocycles. The predicted molar refractivity (Wildman–Crippen MR) is 109 cm³/mol. The van der Waals surface area contributed by atoms with Gasteiger partial charge in [-0.3, -0.25) is 10.1 Å². The number of aromatic nitrogens is 1. The molecule has 1 N–H and O–H groups in total.